The number of alkyl halides is 2. The SMILES string of the molecule is CCCN1c2ccc(NC(=O)C3(c4ccc5c(c4)OC(F)(F)O5)CC3)cc2CC1C(C)(C)C. The lowest BCUT2D eigenvalue weighted by Crippen LogP contribution is -2.42. The molecule has 5 nitrogen and oxygen atoms in total. The van der Waals surface area contributed by atoms with E-state index in [1.807, 2.05) is 6.07 Å². The molecule has 0 saturated heterocycles. The van der Waals surface area contributed by atoms with Crippen LogP contribution in [0.2, 0.25) is 0 Å². The van der Waals surface area contributed by atoms with E-state index in [-0.39, 0.29) is 22.8 Å². The van der Waals surface area contributed by atoms with Gasteiger partial charge >= 0.3 is 6.29 Å². The van der Waals surface area contributed by atoms with Crippen LogP contribution in [0.4, 0.5) is 20.2 Å². The van der Waals surface area contributed by atoms with Gasteiger partial charge in [-0.05, 0) is 72.6 Å². The summed E-state index contributed by atoms with van der Waals surface area (Å²) in [5, 5.41) is 3.08. The van der Waals surface area contributed by atoms with Crippen molar-refractivity contribution in [1.29, 1.82) is 0 Å². The molecule has 0 bridgehead atoms. The van der Waals surface area contributed by atoms with E-state index in [0.717, 1.165) is 25.1 Å². The highest BCUT2D eigenvalue weighted by atomic mass is 19.3. The van der Waals surface area contributed by atoms with Crippen molar-refractivity contribution in [1.82, 2.24) is 0 Å². The molecule has 0 spiro atoms. The Morgan fingerprint density at radius 2 is 1.85 bits per heavy atom. The molecule has 33 heavy (non-hydrogen) atoms. The topological polar surface area (TPSA) is 50.8 Å². The van der Waals surface area contributed by atoms with E-state index in [1.54, 1.807) is 6.07 Å². The van der Waals surface area contributed by atoms with Gasteiger partial charge in [0.25, 0.3) is 0 Å². The maximum absolute atomic E-state index is 13.4. The maximum Gasteiger partial charge on any atom is 0.586 e. The van der Waals surface area contributed by atoms with E-state index in [2.05, 4.69) is 59.5 Å². The molecule has 2 aliphatic heterocycles. The number of carbonyl (C=O) groups is 1. The number of nitrogens with zero attached hydrogens (tertiary/aromatic N) is 1. The van der Waals surface area contributed by atoms with E-state index in [4.69, 9.17) is 0 Å². The standard InChI is InChI=1S/C26H30F2N2O3/c1-5-12-30-19-8-7-18(13-16(19)14-22(30)24(2,3)4)29-23(31)25(10-11-25)17-6-9-20-21(15-17)33-26(27,28)32-20/h6-9,13,15,22H,5,10-12,14H2,1-4H3,(H,29,31). The summed E-state index contributed by atoms with van der Waals surface area (Å²) in [6.07, 6.45) is -0.314. The zero-order valence-electron chi connectivity index (χ0n) is 19.5. The summed E-state index contributed by atoms with van der Waals surface area (Å²) in [4.78, 5) is 15.8. The second kappa shape index (κ2) is 7.34. The largest absolute Gasteiger partial charge is 0.586 e. The van der Waals surface area contributed by atoms with Gasteiger partial charge in [0.2, 0.25) is 5.91 Å². The fourth-order valence-electron chi connectivity index (χ4n) is 5.15. The first-order valence-corrected chi connectivity index (χ1v) is 11.6. The number of hydrogen-bond acceptors (Lipinski definition) is 4. The van der Waals surface area contributed by atoms with Crippen LogP contribution in [0, 0.1) is 5.41 Å². The van der Waals surface area contributed by atoms with Gasteiger partial charge in [-0.25, -0.2) is 0 Å². The number of amides is 1. The fraction of sp³-hybridized carbons (Fsp3) is 0.500. The number of nitrogens with one attached hydrogen (secondary N) is 1. The molecular weight excluding hydrogens is 426 g/mol. The highest BCUT2D eigenvalue weighted by molar-refractivity contribution is 6.01. The van der Waals surface area contributed by atoms with Crippen LogP contribution in [0.3, 0.4) is 0 Å². The molecule has 1 N–H and O–H groups in total. The van der Waals surface area contributed by atoms with Gasteiger partial charge in [-0.15, -0.1) is 8.78 Å². The number of benzene rings is 2. The van der Waals surface area contributed by atoms with Crippen molar-refractivity contribution < 1.29 is 23.0 Å². The Hall–Kier alpha value is -2.83. The summed E-state index contributed by atoms with van der Waals surface area (Å²) in [6, 6.07) is 11.2. The van der Waals surface area contributed by atoms with Gasteiger partial charge < -0.3 is 19.7 Å². The molecule has 2 heterocycles. The minimum Gasteiger partial charge on any atom is -0.395 e. The predicted octanol–water partition coefficient (Wildman–Crippen LogP) is 5.87. The molecule has 176 valence electrons. The zero-order chi connectivity index (χ0) is 23.6. The fourth-order valence-corrected chi connectivity index (χ4v) is 5.15. The molecule has 1 amide bonds. The van der Waals surface area contributed by atoms with Crippen molar-refractivity contribution in [2.24, 2.45) is 5.41 Å². The smallest absolute Gasteiger partial charge is 0.395 e. The summed E-state index contributed by atoms with van der Waals surface area (Å²) in [6.45, 7) is 10.0. The van der Waals surface area contributed by atoms with Crippen LogP contribution in [-0.4, -0.2) is 24.8 Å². The Labute approximate surface area is 193 Å². The average Bonchev–Trinajstić information content (AvgIpc) is 3.37. The second-order valence-corrected chi connectivity index (χ2v) is 10.5. The quantitative estimate of drug-likeness (QED) is 0.612. The van der Waals surface area contributed by atoms with Crippen LogP contribution in [-0.2, 0) is 16.6 Å². The molecule has 0 radical (unpaired) electrons. The van der Waals surface area contributed by atoms with Crippen LogP contribution in [0.15, 0.2) is 36.4 Å². The molecule has 2 aromatic rings. The van der Waals surface area contributed by atoms with E-state index in [9.17, 15) is 13.6 Å². The normalized spacial score (nSPS) is 21.6. The molecule has 1 aliphatic carbocycles. The molecule has 7 heteroatoms. The first kappa shape index (κ1) is 22.0. The molecule has 1 fully saturated rings. The summed E-state index contributed by atoms with van der Waals surface area (Å²) in [5.74, 6) is -0.161. The summed E-state index contributed by atoms with van der Waals surface area (Å²) in [5.41, 5.74) is 3.35. The van der Waals surface area contributed by atoms with E-state index >= 15 is 0 Å². The van der Waals surface area contributed by atoms with Gasteiger partial charge in [-0.3, -0.25) is 4.79 Å². The van der Waals surface area contributed by atoms with Crippen molar-refractivity contribution in [3.8, 4) is 11.5 Å². The van der Waals surface area contributed by atoms with Crippen LogP contribution >= 0.6 is 0 Å². The first-order valence-electron chi connectivity index (χ1n) is 11.6. The Morgan fingerprint density at radius 1 is 1.12 bits per heavy atom. The number of anilines is 2. The molecule has 2 aromatic carbocycles. The molecule has 5 rings (SSSR count). The molecule has 0 aromatic heterocycles. The third-order valence-corrected chi connectivity index (χ3v) is 7.04. The Morgan fingerprint density at radius 3 is 2.52 bits per heavy atom. The summed E-state index contributed by atoms with van der Waals surface area (Å²) in [7, 11) is 0. The van der Waals surface area contributed by atoms with Gasteiger partial charge in [0, 0.05) is 24.0 Å². The van der Waals surface area contributed by atoms with Crippen molar-refractivity contribution >= 4 is 17.3 Å². The second-order valence-electron chi connectivity index (χ2n) is 10.5. The maximum atomic E-state index is 13.4. The zero-order valence-corrected chi connectivity index (χ0v) is 19.5. The number of carbonyl (C=O) groups excluding carboxylic acids is 1. The Balaban J connectivity index is 1.36. The number of fused-ring (bicyclic) bond motifs is 2. The van der Waals surface area contributed by atoms with Crippen LogP contribution in [0.25, 0.3) is 0 Å². The molecular formula is C26H30F2N2O3. The predicted molar refractivity (Wildman–Crippen MR) is 123 cm³/mol. The third-order valence-electron chi connectivity index (χ3n) is 7.04. The minimum atomic E-state index is -3.67. The van der Waals surface area contributed by atoms with Crippen LogP contribution in [0.1, 0.15) is 58.1 Å². The van der Waals surface area contributed by atoms with E-state index < -0.39 is 11.7 Å². The van der Waals surface area contributed by atoms with Gasteiger partial charge in [0.15, 0.2) is 11.5 Å². The molecule has 1 atom stereocenters. The summed E-state index contributed by atoms with van der Waals surface area (Å²) >= 11 is 0. The van der Waals surface area contributed by atoms with Crippen molar-refractivity contribution in [3.05, 3.63) is 47.5 Å². The molecule has 1 unspecified atom stereocenters. The number of hydrogen-bond donors (Lipinski definition) is 1. The average molecular weight is 457 g/mol. The van der Waals surface area contributed by atoms with Gasteiger partial charge in [-0.2, -0.15) is 0 Å². The lowest BCUT2D eigenvalue weighted by Gasteiger charge is -2.36. The number of halogens is 2. The summed E-state index contributed by atoms with van der Waals surface area (Å²) < 4.78 is 35.8. The van der Waals surface area contributed by atoms with Crippen molar-refractivity contribution in [2.45, 2.75) is 71.1 Å². The van der Waals surface area contributed by atoms with Gasteiger partial charge in [0.1, 0.15) is 0 Å². The van der Waals surface area contributed by atoms with Crippen molar-refractivity contribution in [3.63, 3.8) is 0 Å². The van der Waals surface area contributed by atoms with Crippen LogP contribution < -0.4 is 19.7 Å². The number of rotatable bonds is 5. The highest BCUT2D eigenvalue weighted by Crippen LogP contribution is 2.52. The highest BCUT2D eigenvalue weighted by Gasteiger charge is 2.53. The van der Waals surface area contributed by atoms with E-state index in [1.165, 1.54) is 23.4 Å². The Kier molecular flexibility index (Phi) is 4.89. The van der Waals surface area contributed by atoms with Gasteiger partial charge in [-0.1, -0.05) is 33.8 Å². The first-order chi connectivity index (χ1) is 15.5. The molecule has 3 aliphatic rings. The van der Waals surface area contributed by atoms with Gasteiger partial charge in [0.05, 0.1) is 5.41 Å². The lowest BCUT2D eigenvalue weighted by atomic mass is 9.84. The molecule has 1 saturated carbocycles. The number of ether oxygens (including phenoxy) is 2. The van der Waals surface area contributed by atoms with Crippen molar-refractivity contribution in [2.75, 3.05) is 16.8 Å². The van der Waals surface area contributed by atoms with E-state index in [0.29, 0.717) is 24.4 Å². The minimum absolute atomic E-state index is 0.0105. The third kappa shape index (κ3) is 3.81. The lowest BCUT2D eigenvalue weighted by molar-refractivity contribution is -0.286. The Bertz CT molecular complexity index is 1110. The monoisotopic (exact) mass is 456 g/mol. The van der Waals surface area contributed by atoms with Crippen LogP contribution in [0.5, 0.6) is 11.5 Å².